The zero-order valence-electron chi connectivity index (χ0n) is 15.0. The van der Waals surface area contributed by atoms with Crippen LogP contribution < -0.4 is 10.6 Å². The van der Waals surface area contributed by atoms with Gasteiger partial charge in [0.05, 0.1) is 36.2 Å². The van der Waals surface area contributed by atoms with Gasteiger partial charge in [-0.15, -0.1) is 0 Å². The molecule has 1 amide bonds. The van der Waals surface area contributed by atoms with Gasteiger partial charge in [-0.2, -0.15) is 0 Å². The van der Waals surface area contributed by atoms with Crippen LogP contribution in [0.2, 0.25) is 0 Å². The molecule has 2 aliphatic heterocycles. The van der Waals surface area contributed by atoms with Gasteiger partial charge in [-0.3, -0.25) is 14.8 Å². The topological polar surface area (TPSA) is 101 Å². The number of hydrogen-bond donors (Lipinski definition) is 2. The normalized spacial score (nSPS) is 22.4. The van der Waals surface area contributed by atoms with Crippen LogP contribution in [0.3, 0.4) is 0 Å². The summed E-state index contributed by atoms with van der Waals surface area (Å²) < 4.78 is 23.2. The van der Waals surface area contributed by atoms with E-state index in [-0.39, 0.29) is 28.7 Å². The van der Waals surface area contributed by atoms with Crippen molar-refractivity contribution in [1.29, 1.82) is 0 Å². The fourth-order valence-electron chi connectivity index (χ4n) is 3.19. The monoisotopic (exact) mass is 416 g/mol. The molecule has 1 saturated heterocycles. The number of carbonyl (C=O) groups is 1. The summed E-state index contributed by atoms with van der Waals surface area (Å²) in [6.45, 7) is 0.411. The molecule has 2 aromatic rings. The molecule has 146 valence electrons. The summed E-state index contributed by atoms with van der Waals surface area (Å²) in [5.74, 6) is 0.280. The van der Waals surface area contributed by atoms with E-state index in [0.29, 0.717) is 13.0 Å². The Balaban J connectivity index is 1.28. The van der Waals surface area contributed by atoms with Crippen molar-refractivity contribution in [1.82, 2.24) is 10.3 Å². The van der Waals surface area contributed by atoms with Gasteiger partial charge < -0.3 is 10.6 Å². The SMILES string of the molecule is O=C(Cc1ccc(NC2=N[C@@H]3CS(=O)(=O)C[C@H]3S2)cc1)NCc1ccccn1. The number of anilines is 1. The van der Waals surface area contributed by atoms with E-state index in [9.17, 15) is 13.2 Å². The number of sulfone groups is 1. The number of amidine groups is 1. The molecule has 1 aromatic heterocycles. The number of thioether (sulfide) groups is 1. The van der Waals surface area contributed by atoms with Crippen LogP contribution in [0.1, 0.15) is 11.3 Å². The number of rotatable bonds is 5. The molecule has 28 heavy (non-hydrogen) atoms. The van der Waals surface area contributed by atoms with E-state index < -0.39 is 9.84 Å². The molecule has 0 saturated carbocycles. The van der Waals surface area contributed by atoms with E-state index in [1.807, 2.05) is 42.5 Å². The number of fused-ring (bicyclic) bond motifs is 1. The number of nitrogens with zero attached hydrogens (tertiary/aromatic N) is 2. The summed E-state index contributed by atoms with van der Waals surface area (Å²) in [6.07, 6.45) is 2.00. The molecule has 3 heterocycles. The van der Waals surface area contributed by atoms with Gasteiger partial charge in [0.25, 0.3) is 0 Å². The molecule has 0 bridgehead atoms. The maximum Gasteiger partial charge on any atom is 0.224 e. The van der Waals surface area contributed by atoms with Crippen LogP contribution in [0.4, 0.5) is 5.69 Å². The predicted octanol–water partition coefficient (Wildman–Crippen LogP) is 1.62. The molecular formula is C19H20N4O3S2. The zero-order valence-corrected chi connectivity index (χ0v) is 16.7. The van der Waals surface area contributed by atoms with Crippen LogP contribution in [-0.4, -0.2) is 47.3 Å². The molecule has 0 aliphatic carbocycles. The molecule has 2 aliphatic rings. The molecule has 0 unspecified atom stereocenters. The summed E-state index contributed by atoms with van der Waals surface area (Å²) >= 11 is 1.49. The van der Waals surface area contributed by atoms with Crippen LogP contribution in [0, 0.1) is 0 Å². The molecule has 2 N–H and O–H groups in total. The minimum absolute atomic E-state index is 0.0228. The average molecular weight is 417 g/mol. The van der Waals surface area contributed by atoms with Gasteiger partial charge >= 0.3 is 0 Å². The Labute approximate surface area is 168 Å². The minimum Gasteiger partial charge on any atom is -0.350 e. The molecule has 0 spiro atoms. The van der Waals surface area contributed by atoms with Crippen LogP contribution in [-0.2, 0) is 27.6 Å². The highest BCUT2D eigenvalue weighted by molar-refractivity contribution is 8.15. The molecule has 2 atom stereocenters. The highest BCUT2D eigenvalue weighted by atomic mass is 32.2. The third-order valence-corrected chi connectivity index (χ3v) is 7.72. The van der Waals surface area contributed by atoms with Crippen LogP contribution in [0.15, 0.2) is 53.7 Å². The Hall–Kier alpha value is -2.39. The smallest absolute Gasteiger partial charge is 0.224 e. The van der Waals surface area contributed by atoms with Crippen molar-refractivity contribution in [2.75, 3.05) is 16.8 Å². The van der Waals surface area contributed by atoms with E-state index in [1.54, 1.807) is 6.20 Å². The zero-order chi connectivity index (χ0) is 19.6. The van der Waals surface area contributed by atoms with Crippen LogP contribution in [0.5, 0.6) is 0 Å². The lowest BCUT2D eigenvalue weighted by atomic mass is 10.1. The van der Waals surface area contributed by atoms with Gasteiger partial charge in [0.1, 0.15) is 0 Å². The van der Waals surface area contributed by atoms with Gasteiger partial charge in [0.2, 0.25) is 5.91 Å². The van der Waals surface area contributed by atoms with Crippen LogP contribution in [0.25, 0.3) is 0 Å². The maximum absolute atomic E-state index is 12.1. The van der Waals surface area contributed by atoms with Crippen molar-refractivity contribution in [3.8, 4) is 0 Å². The van der Waals surface area contributed by atoms with Crippen molar-refractivity contribution < 1.29 is 13.2 Å². The Morgan fingerprint density at radius 2 is 1.96 bits per heavy atom. The first-order valence-electron chi connectivity index (χ1n) is 8.94. The van der Waals surface area contributed by atoms with Gasteiger partial charge in [0, 0.05) is 17.1 Å². The summed E-state index contributed by atoms with van der Waals surface area (Å²) in [6, 6.07) is 13.0. The summed E-state index contributed by atoms with van der Waals surface area (Å²) in [7, 11) is -2.94. The largest absolute Gasteiger partial charge is 0.350 e. The molecule has 0 radical (unpaired) electrons. The van der Waals surface area contributed by atoms with Crippen molar-refractivity contribution in [2.24, 2.45) is 4.99 Å². The third kappa shape index (κ3) is 4.71. The predicted molar refractivity (Wildman–Crippen MR) is 111 cm³/mol. The van der Waals surface area contributed by atoms with Gasteiger partial charge in [0.15, 0.2) is 15.0 Å². The molecule has 4 rings (SSSR count). The Kier molecular flexibility index (Phi) is 5.36. The number of aromatic nitrogens is 1. The van der Waals surface area contributed by atoms with Gasteiger partial charge in [-0.1, -0.05) is 30.0 Å². The number of amides is 1. The number of pyridine rings is 1. The lowest BCUT2D eigenvalue weighted by Gasteiger charge is -2.08. The quantitative estimate of drug-likeness (QED) is 0.768. The first kappa shape index (κ1) is 18.9. The fourth-order valence-corrected chi connectivity index (χ4v) is 6.86. The lowest BCUT2D eigenvalue weighted by molar-refractivity contribution is -0.120. The van der Waals surface area contributed by atoms with Crippen LogP contribution >= 0.6 is 11.8 Å². The number of nitrogens with one attached hydrogen (secondary N) is 2. The second-order valence-electron chi connectivity index (χ2n) is 6.83. The Morgan fingerprint density at radius 3 is 2.68 bits per heavy atom. The molecule has 1 fully saturated rings. The standard InChI is InChI=1S/C19H20N4O3S2/c24-18(21-10-15-3-1-2-8-20-15)9-13-4-6-14(7-5-13)22-19-23-16-11-28(25,26)12-17(16)27-19/h1-8,16-17H,9-12H2,(H,21,24)(H,22,23)/t16-,17-/m1/s1. The van der Waals surface area contributed by atoms with Crippen molar-refractivity contribution in [2.45, 2.75) is 24.3 Å². The Morgan fingerprint density at radius 1 is 1.14 bits per heavy atom. The first-order valence-corrected chi connectivity index (χ1v) is 11.6. The highest BCUT2D eigenvalue weighted by Crippen LogP contribution is 2.34. The number of aliphatic imine (C=N–C) groups is 1. The Bertz CT molecular complexity index is 992. The van der Waals surface area contributed by atoms with Gasteiger partial charge in [-0.25, -0.2) is 8.42 Å². The number of hydrogen-bond acceptors (Lipinski definition) is 7. The molecule has 1 aromatic carbocycles. The van der Waals surface area contributed by atoms with Crippen molar-refractivity contribution in [3.63, 3.8) is 0 Å². The third-order valence-electron chi connectivity index (χ3n) is 4.58. The number of benzene rings is 1. The van der Waals surface area contributed by atoms with E-state index in [2.05, 4.69) is 20.6 Å². The van der Waals surface area contributed by atoms with E-state index >= 15 is 0 Å². The lowest BCUT2D eigenvalue weighted by Crippen LogP contribution is -2.24. The van der Waals surface area contributed by atoms with E-state index in [0.717, 1.165) is 22.1 Å². The van der Waals surface area contributed by atoms with Crippen molar-refractivity contribution in [3.05, 3.63) is 59.9 Å². The van der Waals surface area contributed by atoms with Gasteiger partial charge in [-0.05, 0) is 29.8 Å². The average Bonchev–Trinajstić information content (AvgIpc) is 3.15. The second kappa shape index (κ2) is 7.92. The molecule has 9 heteroatoms. The summed E-state index contributed by atoms with van der Waals surface area (Å²) in [5, 5.41) is 6.87. The summed E-state index contributed by atoms with van der Waals surface area (Å²) in [4.78, 5) is 20.7. The first-order chi connectivity index (χ1) is 13.5. The maximum atomic E-state index is 12.1. The highest BCUT2D eigenvalue weighted by Gasteiger charge is 2.42. The molecular weight excluding hydrogens is 396 g/mol. The molecule has 7 nitrogen and oxygen atoms in total. The minimum atomic E-state index is -2.94. The van der Waals surface area contributed by atoms with E-state index in [4.69, 9.17) is 0 Å². The summed E-state index contributed by atoms with van der Waals surface area (Å²) in [5.41, 5.74) is 2.60. The second-order valence-corrected chi connectivity index (χ2v) is 10.2. The van der Waals surface area contributed by atoms with E-state index in [1.165, 1.54) is 11.8 Å². The van der Waals surface area contributed by atoms with Crippen molar-refractivity contribution >= 4 is 38.4 Å². The number of carbonyl (C=O) groups excluding carboxylic acids is 1. The fraction of sp³-hybridized carbons (Fsp3) is 0.316.